The number of aromatic nitrogens is 2. The average molecular weight is 342 g/mol. The Morgan fingerprint density at radius 3 is 2.74 bits per heavy atom. The van der Waals surface area contributed by atoms with E-state index in [0.717, 1.165) is 22.2 Å². The number of carbonyl (C=O) groups is 1. The summed E-state index contributed by atoms with van der Waals surface area (Å²) in [6.45, 7) is 2.00. The monoisotopic (exact) mass is 342 g/mol. The predicted molar refractivity (Wildman–Crippen MR) is 96.9 cm³/mol. The molecule has 1 aromatic heterocycles. The summed E-state index contributed by atoms with van der Waals surface area (Å²) in [5.74, 6) is -0.250. The third-order valence-corrected chi connectivity index (χ3v) is 4.44. The van der Waals surface area contributed by atoms with Gasteiger partial charge < -0.3 is 5.32 Å². The molecule has 116 valence electrons. The second kappa shape index (κ2) is 6.80. The van der Waals surface area contributed by atoms with E-state index < -0.39 is 0 Å². The summed E-state index contributed by atoms with van der Waals surface area (Å²) >= 11 is 6.59. The molecule has 0 fully saturated rings. The number of nitrogens with one attached hydrogen (secondary N) is 2. The first-order chi connectivity index (χ1) is 11.2. The van der Waals surface area contributed by atoms with Crippen molar-refractivity contribution in [2.75, 3.05) is 5.32 Å². The Balaban J connectivity index is 1.74. The molecule has 1 amide bonds. The molecule has 0 bridgehead atoms. The SMILES string of the molecule is CCc1nnc(NC(=S)NC(=O)c2cccc3ccccc23)s1. The van der Waals surface area contributed by atoms with Crippen molar-refractivity contribution < 1.29 is 4.79 Å². The highest BCUT2D eigenvalue weighted by atomic mass is 32.1. The van der Waals surface area contributed by atoms with Crippen molar-refractivity contribution in [1.29, 1.82) is 0 Å². The number of hydrogen-bond donors (Lipinski definition) is 2. The number of thiocarbonyl (C=S) groups is 1. The molecule has 0 radical (unpaired) electrons. The van der Waals surface area contributed by atoms with Gasteiger partial charge in [-0.3, -0.25) is 10.1 Å². The highest BCUT2D eigenvalue weighted by Crippen LogP contribution is 2.19. The lowest BCUT2D eigenvalue weighted by molar-refractivity contribution is 0.0979. The zero-order valence-corrected chi connectivity index (χ0v) is 14.0. The van der Waals surface area contributed by atoms with E-state index in [9.17, 15) is 4.79 Å². The number of nitrogens with zero attached hydrogens (tertiary/aromatic N) is 2. The van der Waals surface area contributed by atoms with Crippen molar-refractivity contribution in [2.45, 2.75) is 13.3 Å². The van der Waals surface area contributed by atoms with Gasteiger partial charge in [-0.2, -0.15) is 0 Å². The predicted octanol–water partition coefficient (Wildman–Crippen LogP) is 3.38. The van der Waals surface area contributed by atoms with Crippen molar-refractivity contribution in [1.82, 2.24) is 15.5 Å². The van der Waals surface area contributed by atoms with E-state index in [4.69, 9.17) is 12.2 Å². The van der Waals surface area contributed by atoms with E-state index in [2.05, 4.69) is 20.8 Å². The molecular formula is C16H14N4OS2. The van der Waals surface area contributed by atoms with E-state index in [-0.39, 0.29) is 11.0 Å². The summed E-state index contributed by atoms with van der Waals surface area (Å²) in [7, 11) is 0. The van der Waals surface area contributed by atoms with Crippen LogP contribution in [0.4, 0.5) is 5.13 Å². The van der Waals surface area contributed by atoms with Crippen LogP contribution in [0.2, 0.25) is 0 Å². The molecule has 0 aliphatic rings. The average Bonchev–Trinajstić information content (AvgIpc) is 3.01. The van der Waals surface area contributed by atoms with Crippen LogP contribution in [0.15, 0.2) is 42.5 Å². The first-order valence-corrected chi connectivity index (χ1v) is 8.32. The topological polar surface area (TPSA) is 66.9 Å². The lowest BCUT2D eigenvalue weighted by Crippen LogP contribution is -2.34. The summed E-state index contributed by atoms with van der Waals surface area (Å²) in [5.41, 5.74) is 0.582. The van der Waals surface area contributed by atoms with E-state index in [1.54, 1.807) is 6.07 Å². The van der Waals surface area contributed by atoms with Crippen LogP contribution in [0, 0.1) is 0 Å². The number of hydrogen-bond acceptors (Lipinski definition) is 5. The molecule has 0 spiro atoms. The van der Waals surface area contributed by atoms with Gasteiger partial charge in [0.1, 0.15) is 5.01 Å². The van der Waals surface area contributed by atoms with Crippen LogP contribution in [-0.2, 0) is 6.42 Å². The van der Waals surface area contributed by atoms with Crippen molar-refractivity contribution in [2.24, 2.45) is 0 Å². The van der Waals surface area contributed by atoms with Gasteiger partial charge in [0.05, 0.1) is 0 Å². The van der Waals surface area contributed by atoms with Crippen molar-refractivity contribution >= 4 is 50.5 Å². The fourth-order valence-corrected chi connectivity index (χ4v) is 3.11. The Morgan fingerprint density at radius 1 is 1.17 bits per heavy atom. The highest BCUT2D eigenvalue weighted by molar-refractivity contribution is 7.80. The van der Waals surface area contributed by atoms with Crippen LogP contribution >= 0.6 is 23.6 Å². The lowest BCUT2D eigenvalue weighted by atomic mass is 10.0. The number of aryl methyl sites for hydroxylation is 1. The van der Waals surface area contributed by atoms with Gasteiger partial charge in [-0.25, -0.2) is 0 Å². The first kappa shape index (κ1) is 15.5. The van der Waals surface area contributed by atoms with Crippen LogP contribution < -0.4 is 10.6 Å². The van der Waals surface area contributed by atoms with Crippen molar-refractivity contribution in [3.8, 4) is 0 Å². The zero-order valence-electron chi connectivity index (χ0n) is 12.4. The van der Waals surface area contributed by atoms with Crippen molar-refractivity contribution in [3.05, 3.63) is 53.0 Å². The molecule has 3 aromatic rings. The van der Waals surface area contributed by atoms with Crippen LogP contribution in [0.5, 0.6) is 0 Å². The molecule has 0 aliphatic carbocycles. The van der Waals surface area contributed by atoms with Gasteiger partial charge in [0.2, 0.25) is 5.13 Å². The summed E-state index contributed by atoms with van der Waals surface area (Å²) in [6.07, 6.45) is 0.814. The van der Waals surface area contributed by atoms with Crippen molar-refractivity contribution in [3.63, 3.8) is 0 Å². The molecule has 0 saturated heterocycles. The minimum absolute atomic E-state index is 0.210. The number of fused-ring (bicyclic) bond motifs is 1. The molecule has 1 heterocycles. The molecule has 2 N–H and O–H groups in total. The van der Waals surface area contributed by atoms with Crippen LogP contribution in [-0.4, -0.2) is 21.2 Å². The number of amides is 1. The second-order valence-electron chi connectivity index (χ2n) is 4.79. The minimum Gasteiger partial charge on any atom is -0.307 e. The Kier molecular flexibility index (Phi) is 4.59. The van der Waals surface area contributed by atoms with Crippen LogP contribution in [0.25, 0.3) is 10.8 Å². The number of carbonyl (C=O) groups excluding carboxylic acids is 1. The Labute approximate surface area is 142 Å². The van der Waals surface area contributed by atoms with E-state index in [1.807, 2.05) is 43.3 Å². The molecule has 7 heteroatoms. The lowest BCUT2D eigenvalue weighted by Gasteiger charge is -2.09. The minimum atomic E-state index is -0.250. The smallest absolute Gasteiger partial charge is 0.258 e. The largest absolute Gasteiger partial charge is 0.307 e. The quantitative estimate of drug-likeness (QED) is 0.714. The summed E-state index contributed by atoms with van der Waals surface area (Å²) in [6, 6.07) is 13.3. The molecule has 0 saturated carbocycles. The van der Waals surface area contributed by atoms with Gasteiger partial charge in [0, 0.05) is 5.56 Å². The molecule has 5 nitrogen and oxygen atoms in total. The standard InChI is InChI=1S/C16H14N4OS2/c1-2-13-19-20-16(23-13)18-15(22)17-14(21)12-9-5-7-10-6-3-4-8-11(10)12/h3-9H,2H2,1H3,(H2,17,18,20,21,22). The molecule has 2 aromatic carbocycles. The summed E-state index contributed by atoms with van der Waals surface area (Å²) in [5, 5.41) is 17.1. The number of rotatable bonds is 3. The van der Waals surface area contributed by atoms with Crippen LogP contribution in [0.3, 0.4) is 0 Å². The maximum Gasteiger partial charge on any atom is 0.258 e. The fourth-order valence-electron chi connectivity index (χ4n) is 2.17. The number of benzene rings is 2. The molecule has 0 atom stereocenters. The van der Waals surface area contributed by atoms with Gasteiger partial charge in [-0.05, 0) is 35.5 Å². The maximum absolute atomic E-state index is 12.4. The molecule has 23 heavy (non-hydrogen) atoms. The zero-order chi connectivity index (χ0) is 16.2. The second-order valence-corrected chi connectivity index (χ2v) is 6.26. The van der Waals surface area contributed by atoms with Gasteiger partial charge in [-0.15, -0.1) is 10.2 Å². The molecular weight excluding hydrogens is 328 g/mol. The molecule has 0 aliphatic heterocycles. The maximum atomic E-state index is 12.4. The first-order valence-electron chi connectivity index (χ1n) is 7.10. The van der Waals surface area contributed by atoms with Gasteiger partial charge >= 0.3 is 0 Å². The van der Waals surface area contributed by atoms with E-state index >= 15 is 0 Å². The third-order valence-electron chi connectivity index (χ3n) is 3.25. The van der Waals surface area contributed by atoms with Gasteiger partial charge in [0.15, 0.2) is 5.11 Å². The van der Waals surface area contributed by atoms with Gasteiger partial charge in [-0.1, -0.05) is 54.7 Å². The normalized spacial score (nSPS) is 10.5. The van der Waals surface area contributed by atoms with Gasteiger partial charge in [0.25, 0.3) is 5.91 Å². The molecule has 3 rings (SSSR count). The Morgan fingerprint density at radius 2 is 1.96 bits per heavy atom. The Bertz CT molecular complexity index is 870. The Hall–Kier alpha value is -2.38. The van der Waals surface area contributed by atoms with E-state index in [0.29, 0.717) is 10.7 Å². The van der Waals surface area contributed by atoms with E-state index in [1.165, 1.54) is 11.3 Å². The fraction of sp³-hybridized carbons (Fsp3) is 0.125. The summed E-state index contributed by atoms with van der Waals surface area (Å²) in [4.78, 5) is 12.4. The van der Waals surface area contributed by atoms with Crippen LogP contribution in [0.1, 0.15) is 22.3 Å². The highest BCUT2D eigenvalue weighted by Gasteiger charge is 2.12. The third kappa shape index (κ3) is 3.52. The molecule has 0 unspecified atom stereocenters. The number of anilines is 1. The summed E-state index contributed by atoms with van der Waals surface area (Å²) < 4.78 is 0.